The van der Waals surface area contributed by atoms with E-state index < -0.39 is 5.97 Å². The first-order valence-electron chi connectivity index (χ1n) is 7.89. The minimum absolute atomic E-state index is 0.217. The van der Waals surface area contributed by atoms with E-state index in [1.54, 1.807) is 0 Å². The van der Waals surface area contributed by atoms with E-state index in [1.807, 2.05) is 12.1 Å². The highest BCUT2D eigenvalue weighted by atomic mass is 16.4. The monoisotopic (exact) mass is 274 g/mol. The zero-order valence-corrected chi connectivity index (χ0v) is 12.6. The molecule has 0 bridgehead atoms. The molecule has 0 radical (unpaired) electrons. The van der Waals surface area contributed by atoms with Crippen molar-refractivity contribution in [3.8, 4) is 0 Å². The molecule has 0 spiro atoms. The number of aryl methyl sites for hydroxylation is 1. The summed E-state index contributed by atoms with van der Waals surface area (Å²) in [7, 11) is 0. The molecule has 1 N–H and O–H groups in total. The summed E-state index contributed by atoms with van der Waals surface area (Å²) in [6.45, 7) is 4.30. The Kier molecular flexibility index (Phi) is 5.22. The molecule has 0 heterocycles. The first-order chi connectivity index (χ1) is 9.61. The van der Waals surface area contributed by atoms with Crippen molar-refractivity contribution in [1.29, 1.82) is 0 Å². The fraction of sp³-hybridized carbons (Fsp3) is 0.611. The summed E-state index contributed by atoms with van der Waals surface area (Å²) >= 11 is 0. The van der Waals surface area contributed by atoms with Gasteiger partial charge in [-0.3, -0.25) is 4.79 Å². The van der Waals surface area contributed by atoms with E-state index in [0.29, 0.717) is 12.3 Å². The van der Waals surface area contributed by atoms with Gasteiger partial charge >= 0.3 is 5.97 Å². The minimum Gasteiger partial charge on any atom is -0.481 e. The van der Waals surface area contributed by atoms with Crippen molar-refractivity contribution in [1.82, 2.24) is 0 Å². The van der Waals surface area contributed by atoms with Gasteiger partial charge in [-0.1, -0.05) is 50.5 Å². The Bertz CT molecular complexity index is 452. The smallest absolute Gasteiger partial charge is 0.307 e. The van der Waals surface area contributed by atoms with Crippen molar-refractivity contribution in [2.75, 3.05) is 0 Å². The lowest BCUT2D eigenvalue weighted by molar-refractivity contribution is -0.144. The summed E-state index contributed by atoms with van der Waals surface area (Å²) in [5.41, 5.74) is 2.40. The van der Waals surface area contributed by atoms with E-state index >= 15 is 0 Å². The van der Waals surface area contributed by atoms with E-state index in [0.717, 1.165) is 18.8 Å². The first-order valence-corrected chi connectivity index (χ1v) is 7.89. The molecule has 1 fully saturated rings. The second-order valence-corrected chi connectivity index (χ2v) is 6.28. The van der Waals surface area contributed by atoms with Gasteiger partial charge in [-0.15, -0.1) is 0 Å². The molecule has 1 saturated carbocycles. The number of aliphatic carboxylic acids is 1. The maximum atomic E-state index is 11.7. The van der Waals surface area contributed by atoms with Crippen molar-refractivity contribution < 1.29 is 9.90 Å². The third kappa shape index (κ3) is 3.62. The Hall–Kier alpha value is -1.31. The molecular formula is C18H26O2. The number of hydrogen-bond donors (Lipinski definition) is 1. The van der Waals surface area contributed by atoms with Crippen LogP contribution in [-0.2, 0) is 11.2 Å². The van der Waals surface area contributed by atoms with Crippen LogP contribution in [0.15, 0.2) is 24.3 Å². The van der Waals surface area contributed by atoms with Gasteiger partial charge in [0.15, 0.2) is 0 Å². The maximum Gasteiger partial charge on any atom is 0.307 e. The topological polar surface area (TPSA) is 37.3 Å². The van der Waals surface area contributed by atoms with Crippen molar-refractivity contribution in [2.45, 2.75) is 52.4 Å². The summed E-state index contributed by atoms with van der Waals surface area (Å²) in [6, 6.07) is 8.18. The fourth-order valence-corrected chi connectivity index (χ4v) is 3.60. The molecule has 1 aromatic carbocycles. The van der Waals surface area contributed by atoms with Crippen molar-refractivity contribution in [3.63, 3.8) is 0 Å². The van der Waals surface area contributed by atoms with Gasteiger partial charge in [0.2, 0.25) is 0 Å². The quantitative estimate of drug-likeness (QED) is 0.861. The van der Waals surface area contributed by atoms with Gasteiger partial charge in [0.05, 0.1) is 5.92 Å². The molecule has 2 rings (SSSR count). The van der Waals surface area contributed by atoms with Crippen LogP contribution in [0.5, 0.6) is 0 Å². The second-order valence-electron chi connectivity index (χ2n) is 6.28. The molecule has 0 amide bonds. The molecule has 1 aromatic rings. The van der Waals surface area contributed by atoms with Gasteiger partial charge < -0.3 is 5.11 Å². The largest absolute Gasteiger partial charge is 0.481 e. The number of benzene rings is 1. The summed E-state index contributed by atoms with van der Waals surface area (Å²) in [4.78, 5) is 11.7. The lowest BCUT2D eigenvalue weighted by Crippen LogP contribution is -2.30. The van der Waals surface area contributed by atoms with Gasteiger partial charge in [-0.05, 0) is 49.1 Å². The fourth-order valence-electron chi connectivity index (χ4n) is 3.60. The van der Waals surface area contributed by atoms with Crippen LogP contribution in [0.1, 0.15) is 50.2 Å². The van der Waals surface area contributed by atoms with Crippen LogP contribution in [0.25, 0.3) is 0 Å². The Labute approximate surface area is 122 Å². The number of carboxylic acids is 1. The van der Waals surface area contributed by atoms with Crippen LogP contribution in [0.4, 0.5) is 0 Å². The van der Waals surface area contributed by atoms with E-state index in [2.05, 4.69) is 26.0 Å². The maximum absolute atomic E-state index is 11.7. The molecular weight excluding hydrogens is 248 g/mol. The van der Waals surface area contributed by atoms with Crippen LogP contribution >= 0.6 is 0 Å². The van der Waals surface area contributed by atoms with Crippen molar-refractivity contribution >= 4 is 5.97 Å². The predicted molar refractivity (Wildman–Crippen MR) is 81.7 cm³/mol. The zero-order chi connectivity index (χ0) is 14.5. The van der Waals surface area contributed by atoms with Gasteiger partial charge in [0, 0.05) is 0 Å². The van der Waals surface area contributed by atoms with Crippen LogP contribution < -0.4 is 0 Å². The highest BCUT2D eigenvalue weighted by molar-refractivity contribution is 5.71. The number of rotatable bonds is 5. The Morgan fingerprint density at radius 3 is 2.75 bits per heavy atom. The van der Waals surface area contributed by atoms with Crippen LogP contribution in [0.2, 0.25) is 0 Å². The van der Waals surface area contributed by atoms with Crippen molar-refractivity contribution in [3.05, 3.63) is 35.4 Å². The normalized spacial score (nSPS) is 24.3. The summed E-state index contributed by atoms with van der Waals surface area (Å²) in [6.07, 6.45) is 6.53. The first kappa shape index (κ1) is 15.1. The van der Waals surface area contributed by atoms with E-state index in [1.165, 1.54) is 30.4 Å². The average molecular weight is 274 g/mol. The van der Waals surface area contributed by atoms with Crippen LogP contribution in [0, 0.1) is 24.7 Å². The lowest BCUT2D eigenvalue weighted by atomic mass is 9.72. The number of carbonyl (C=O) groups is 1. The average Bonchev–Trinajstić information content (AvgIpc) is 2.46. The predicted octanol–water partition coefficient (Wildman–Crippen LogP) is 4.45. The lowest BCUT2D eigenvalue weighted by Gasteiger charge is -2.32. The van der Waals surface area contributed by atoms with E-state index in [4.69, 9.17) is 0 Å². The van der Waals surface area contributed by atoms with Gasteiger partial charge in [0.1, 0.15) is 0 Å². The molecule has 0 saturated heterocycles. The molecule has 1 aliphatic rings. The number of hydrogen-bond acceptors (Lipinski definition) is 1. The summed E-state index contributed by atoms with van der Waals surface area (Å²) in [5.74, 6) is 0.249. The second kappa shape index (κ2) is 6.92. The minimum atomic E-state index is -0.616. The van der Waals surface area contributed by atoms with Crippen LogP contribution in [-0.4, -0.2) is 11.1 Å². The van der Waals surface area contributed by atoms with E-state index in [9.17, 15) is 9.90 Å². The van der Waals surface area contributed by atoms with Gasteiger partial charge in [-0.2, -0.15) is 0 Å². The molecule has 0 aromatic heterocycles. The highest BCUT2D eigenvalue weighted by Crippen LogP contribution is 2.37. The summed E-state index contributed by atoms with van der Waals surface area (Å²) in [5, 5.41) is 9.64. The Morgan fingerprint density at radius 1 is 1.35 bits per heavy atom. The molecule has 3 unspecified atom stereocenters. The molecule has 0 aliphatic heterocycles. The molecule has 110 valence electrons. The zero-order valence-electron chi connectivity index (χ0n) is 12.6. The third-order valence-corrected chi connectivity index (χ3v) is 4.99. The molecule has 2 heteroatoms. The highest BCUT2D eigenvalue weighted by Gasteiger charge is 2.32. The summed E-state index contributed by atoms with van der Waals surface area (Å²) < 4.78 is 0. The number of carboxylic acid groups (broad SMARTS) is 1. The van der Waals surface area contributed by atoms with Gasteiger partial charge in [-0.25, -0.2) is 0 Å². The SMILES string of the molecule is CCC1CCCC(C(Cc2ccccc2C)C(=O)O)C1. The van der Waals surface area contributed by atoms with Gasteiger partial charge in [0.25, 0.3) is 0 Å². The molecule has 2 nitrogen and oxygen atoms in total. The van der Waals surface area contributed by atoms with Crippen molar-refractivity contribution in [2.24, 2.45) is 17.8 Å². The third-order valence-electron chi connectivity index (χ3n) is 4.99. The Morgan fingerprint density at radius 2 is 2.10 bits per heavy atom. The van der Waals surface area contributed by atoms with Crippen LogP contribution in [0.3, 0.4) is 0 Å². The Balaban J connectivity index is 2.11. The standard InChI is InChI=1S/C18H26O2/c1-3-14-8-6-10-16(11-14)17(18(19)20)12-15-9-5-4-7-13(15)2/h4-5,7,9,14,16-17H,3,6,8,10-12H2,1-2H3,(H,19,20). The molecule has 3 atom stereocenters. The van der Waals surface area contributed by atoms with E-state index in [-0.39, 0.29) is 5.92 Å². The molecule has 1 aliphatic carbocycles. The molecule has 20 heavy (non-hydrogen) atoms.